The Morgan fingerprint density at radius 1 is 1.23 bits per heavy atom. The van der Waals surface area contributed by atoms with Gasteiger partial charge in [0, 0.05) is 28.4 Å². The first-order chi connectivity index (χ1) is 10.5. The molecule has 0 aromatic heterocycles. The molecule has 112 valence electrons. The Kier molecular flexibility index (Phi) is 5.05. The van der Waals surface area contributed by atoms with E-state index in [1.807, 2.05) is 0 Å². The maximum Gasteiger partial charge on any atom is 0.339 e. The Labute approximate surface area is 130 Å². The molecule has 2 N–H and O–H groups in total. The first kappa shape index (κ1) is 15.5. The van der Waals surface area contributed by atoms with E-state index in [9.17, 15) is 14.9 Å². The van der Waals surface area contributed by atoms with Crippen LogP contribution >= 0.6 is 11.6 Å². The number of hydrazone groups is 1. The number of nitrogens with one attached hydrogen (secondary N) is 2. The monoisotopic (exact) mass is 318 g/mol. The van der Waals surface area contributed by atoms with Crippen molar-refractivity contribution in [1.82, 2.24) is 5.43 Å². The molecule has 0 radical (unpaired) electrons. The predicted molar refractivity (Wildman–Crippen MR) is 84.3 cm³/mol. The summed E-state index contributed by atoms with van der Waals surface area (Å²) in [5, 5.41) is 17.5. The van der Waals surface area contributed by atoms with Crippen LogP contribution in [0.4, 0.5) is 16.2 Å². The van der Waals surface area contributed by atoms with Gasteiger partial charge in [-0.1, -0.05) is 23.7 Å². The van der Waals surface area contributed by atoms with E-state index in [2.05, 4.69) is 15.8 Å². The topological polar surface area (TPSA) is 96.6 Å². The van der Waals surface area contributed by atoms with Gasteiger partial charge in [-0.2, -0.15) is 5.10 Å². The van der Waals surface area contributed by atoms with Crippen LogP contribution < -0.4 is 10.7 Å². The molecule has 7 nitrogen and oxygen atoms in total. The molecule has 0 saturated carbocycles. The Morgan fingerprint density at radius 3 is 2.64 bits per heavy atom. The van der Waals surface area contributed by atoms with Crippen molar-refractivity contribution in [3.8, 4) is 0 Å². The normalized spacial score (nSPS) is 10.4. The number of anilines is 1. The number of amides is 2. The van der Waals surface area contributed by atoms with Crippen molar-refractivity contribution in [3.63, 3.8) is 0 Å². The van der Waals surface area contributed by atoms with Gasteiger partial charge in [0.05, 0.1) is 11.1 Å². The molecule has 0 bridgehead atoms. The SMILES string of the molecule is O=C(N/N=C\c1cccc([N+](=O)[O-])c1)Nc1ccc(Cl)cc1. The van der Waals surface area contributed by atoms with Crippen molar-refractivity contribution in [2.45, 2.75) is 0 Å². The quantitative estimate of drug-likeness (QED) is 0.513. The average Bonchev–Trinajstić information content (AvgIpc) is 2.50. The van der Waals surface area contributed by atoms with Gasteiger partial charge in [0.1, 0.15) is 0 Å². The lowest BCUT2D eigenvalue weighted by Crippen LogP contribution is -2.24. The van der Waals surface area contributed by atoms with Gasteiger partial charge in [-0.05, 0) is 24.3 Å². The zero-order valence-electron chi connectivity index (χ0n) is 11.2. The molecule has 22 heavy (non-hydrogen) atoms. The van der Waals surface area contributed by atoms with Crippen molar-refractivity contribution in [3.05, 3.63) is 69.2 Å². The van der Waals surface area contributed by atoms with Crippen LogP contribution in [0.25, 0.3) is 0 Å². The van der Waals surface area contributed by atoms with Crippen molar-refractivity contribution >= 4 is 35.2 Å². The summed E-state index contributed by atoms with van der Waals surface area (Å²) >= 11 is 5.73. The highest BCUT2D eigenvalue weighted by molar-refractivity contribution is 6.30. The highest BCUT2D eigenvalue weighted by atomic mass is 35.5. The van der Waals surface area contributed by atoms with Crippen LogP contribution in [0.5, 0.6) is 0 Å². The second kappa shape index (κ2) is 7.19. The van der Waals surface area contributed by atoms with E-state index in [0.29, 0.717) is 16.3 Å². The Balaban J connectivity index is 1.91. The molecule has 2 aromatic carbocycles. The van der Waals surface area contributed by atoms with E-state index in [-0.39, 0.29) is 5.69 Å². The van der Waals surface area contributed by atoms with Gasteiger partial charge in [-0.3, -0.25) is 10.1 Å². The zero-order chi connectivity index (χ0) is 15.9. The molecule has 2 amide bonds. The summed E-state index contributed by atoms with van der Waals surface area (Å²) in [5.74, 6) is 0. The average molecular weight is 319 g/mol. The number of urea groups is 1. The van der Waals surface area contributed by atoms with Gasteiger partial charge in [-0.25, -0.2) is 10.2 Å². The van der Waals surface area contributed by atoms with Crippen LogP contribution in [-0.2, 0) is 0 Å². The lowest BCUT2D eigenvalue weighted by atomic mass is 10.2. The minimum Gasteiger partial charge on any atom is -0.307 e. The largest absolute Gasteiger partial charge is 0.339 e. The summed E-state index contributed by atoms with van der Waals surface area (Å²) in [6.07, 6.45) is 1.31. The number of rotatable bonds is 4. The zero-order valence-corrected chi connectivity index (χ0v) is 11.9. The first-order valence-corrected chi connectivity index (χ1v) is 6.52. The van der Waals surface area contributed by atoms with E-state index in [1.165, 1.54) is 24.4 Å². The third-order valence-electron chi connectivity index (χ3n) is 2.56. The maximum atomic E-state index is 11.6. The molecule has 0 saturated heterocycles. The smallest absolute Gasteiger partial charge is 0.307 e. The Bertz CT molecular complexity index is 716. The van der Waals surface area contributed by atoms with Gasteiger partial charge >= 0.3 is 6.03 Å². The van der Waals surface area contributed by atoms with Crippen LogP contribution in [0.2, 0.25) is 5.02 Å². The fourth-order valence-corrected chi connectivity index (χ4v) is 1.70. The Morgan fingerprint density at radius 2 is 1.95 bits per heavy atom. The second-order valence-corrected chi connectivity index (χ2v) is 4.62. The highest BCUT2D eigenvalue weighted by Gasteiger charge is 2.04. The first-order valence-electron chi connectivity index (χ1n) is 6.15. The number of benzene rings is 2. The summed E-state index contributed by atoms with van der Waals surface area (Å²) in [7, 11) is 0. The lowest BCUT2D eigenvalue weighted by molar-refractivity contribution is -0.384. The van der Waals surface area contributed by atoms with Gasteiger partial charge in [0.25, 0.3) is 5.69 Å². The van der Waals surface area contributed by atoms with E-state index in [0.717, 1.165) is 0 Å². The van der Waals surface area contributed by atoms with Crippen molar-refractivity contribution in [2.24, 2.45) is 5.10 Å². The van der Waals surface area contributed by atoms with Crippen LogP contribution in [0.15, 0.2) is 53.6 Å². The molecule has 0 aliphatic carbocycles. The third kappa shape index (κ3) is 4.57. The summed E-state index contributed by atoms with van der Waals surface area (Å²) in [6, 6.07) is 11.9. The molecule has 0 aliphatic rings. The second-order valence-electron chi connectivity index (χ2n) is 4.18. The number of halogens is 1. The number of carbonyl (C=O) groups is 1. The van der Waals surface area contributed by atoms with Gasteiger partial charge in [-0.15, -0.1) is 0 Å². The van der Waals surface area contributed by atoms with Crippen LogP contribution in [0.1, 0.15) is 5.56 Å². The Hall–Kier alpha value is -2.93. The van der Waals surface area contributed by atoms with Crippen molar-refractivity contribution in [2.75, 3.05) is 5.32 Å². The molecular formula is C14H11ClN4O3. The van der Waals surface area contributed by atoms with Gasteiger partial charge in [0.15, 0.2) is 0 Å². The maximum absolute atomic E-state index is 11.6. The van der Waals surface area contributed by atoms with Crippen molar-refractivity contribution in [1.29, 1.82) is 0 Å². The standard InChI is InChI=1S/C14H11ClN4O3/c15-11-4-6-12(7-5-11)17-14(20)18-16-9-10-2-1-3-13(8-10)19(21)22/h1-9H,(H2,17,18,20)/b16-9-. The van der Waals surface area contributed by atoms with Gasteiger partial charge in [0.2, 0.25) is 0 Å². The van der Waals surface area contributed by atoms with E-state index in [1.54, 1.807) is 30.3 Å². The highest BCUT2D eigenvalue weighted by Crippen LogP contribution is 2.13. The molecule has 0 heterocycles. The van der Waals surface area contributed by atoms with Crippen LogP contribution in [0.3, 0.4) is 0 Å². The fraction of sp³-hybridized carbons (Fsp3) is 0. The van der Waals surface area contributed by atoms with Gasteiger partial charge < -0.3 is 5.32 Å². The minimum absolute atomic E-state index is 0.0467. The van der Waals surface area contributed by atoms with E-state index < -0.39 is 11.0 Å². The number of non-ortho nitro benzene ring substituents is 1. The molecular weight excluding hydrogens is 308 g/mol. The third-order valence-corrected chi connectivity index (χ3v) is 2.81. The predicted octanol–water partition coefficient (Wildman–Crippen LogP) is 3.40. The lowest BCUT2D eigenvalue weighted by Gasteiger charge is -2.03. The number of hydrogen-bond donors (Lipinski definition) is 2. The van der Waals surface area contributed by atoms with E-state index in [4.69, 9.17) is 11.6 Å². The summed E-state index contributed by atoms with van der Waals surface area (Å²) in [4.78, 5) is 21.7. The summed E-state index contributed by atoms with van der Waals surface area (Å²) in [5.41, 5.74) is 3.28. The number of hydrogen-bond acceptors (Lipinski definition) is 4. The number of nitro groups is 1. The summed E-state index contributed by atoms with van der Waals surface area (Å²) < 4.78 is 0. The molecule has 2 aromatic rings. The van der Waals surface area contributed by atoms with E-state index >= 15 is 0 Å². The molecule has 0 spiro atoms. The molecule has 0 fully saturated rings. The number of carbonyl (C=O) groups excluding carboxylic acids is 1. The molecule has 2 rings (SSSR count). The van der Waals surface area contributed by atoms with Crippen LogP contribution in [-0.4, -0.2) is 17.2 Å². The van der Waals surface area contributed by atoms with Crippen LogP contribution in [0, 0.1) is 10.1 Å². The number of nitro benzene ring substituents is 1. The molecule has 0 aliphatic heterocycles. The molecule has 8 heteroatoms. The fourth-order valence-electron chi connectivity index (χ4n) is 1.58. The summed E-state index contributed by atoms with van der Waals surface area (Å²) in [6.45, 7) is 0. The number of nitrogens with zero attached hydrogens (tertiary/aromatic N) is 2. The molecule has 0 atom stereocenters. The minimum atomic E-state index is -0.538. The van der Waals surface area contributed by atoms with Crippen molar-refractivity contribution < 1.29 is 9.72 Å². The molecule has 0 unspecified atom stereocenters.